The van der Waals surface area contributed by atoms with Gasteiger partial charge in [0.2, 0.25) is 5.91 Å². The van der Waals surface area contributed by atoms with E-state index in [-0.39, 0.29) is 5.75 Å². The van der Waals surface area contributed by atoms with Crippen LogP contribution in [-0.4, -0.2) is 34.1 Å². The quantitative estimate of drug-likeness (QED) is 0.639. The van der Waals surface area contributed by atoms with Gasteiger partial charge in [-0.05, 0) is 25.5 Å². The van der Waals surface area contributed by atoms with Gasteiger partial charge in [-0.15, -0.1) is 11.8 Å². The molecule has 7 heteroatoms. The van der Waals surface area contributed by atoms with Crippen LogP contribution in [0.15, 0.2) is 35.2 Å². The van der Waals surface area contributed by atoms with E-state index in [1.54, 1.807) is 13.8 Å². The Labute approximate surface area is 127 Å². The molecule has 1 aliphatic heterocycles. The van der Waals surface area contributed by atoms with Crippen LogP contribution in [0, 0.1) is 0 Å². The third kappa shape index (κ3) is 3.36. The van der Waals surface area contributed by atoms with E-state index in [1.807, 2.05) is 30.3 Å². The fourth-order valence-corrected chi connectivity index (χ4v) is 2.56. The first-order chi connectivity index (χ1) is 9.96. The van der Waals surface area contributed by atoms with Crippen LogP contribution in [0.5, 0.6) is 0 Å². The Balaban J connectivity index is 1.91. The standard InChI is InChI=1S/C14H17N3O3S/c1-3-14(2)12(19)17(13(20)15-14)16-11(18)9-21-10-7-5-4-6-8-10/h4-8H,3,9H2,1-2H3,(H,15,20)(H,16,18). The number of hydrogen-bond donors (Lipinski definition) is 2. The van der Waals surface area contributed by atoms with Gasteiger partial charge in [-0.2, -0.15) is 5.01 Å². The molecule has 21 heavy (non-hydrogen) atoms. The van der Waals surface area contributed by atoms with Crippen LogP contribution in [-0.2, 0) is 9.59 Å². The molecule has 0 aliphatic carbocycles. The first-order valence-electron chi connectivity index (χ1n) is 6.60. The van der Waals surface area contributed by atoms with Crippen LogP contribution < -0.4 is 10.7 Å². The summed E-state index contributed by atoms with van der Waals surface area (Å²) in [5.74, 6) is -0.704. The highest BCUT2D eigenvalue weighted by atomic mass is 32.2. The summed E-state index contributed by atoms with van der Waals surface area (Å²) in [5, 5.41) is 3.34. The minimum atomic E-state index is -0.947. The monoisotopic (exact) mass is 307 g/mol. The lowest BCUT2D eigenvalue weighted by atomic mass is 10.00. The Morgan fingerprint density at radius 2 is 2.00 bits per heavy atom. The van der Waals surface area contributed by atoms with Gasteiger partial charge in [0, 0.05) is 4.90 Å². The molecule has 112 valence electrons. The van der Waals surface area contributed by atoms with Gasteiger partial charge in [0.1, 0.15) is 5.54 Å². The van der Waals surface area contributed by atoms with Crippen molar-refractivity contribution in [2.45, 2.75) is 30.7 Å². The van der Waals surface area contributed by atoms with Crippen molar-refractivity contribution < 1.29 is 14.4 Å². The van der Waals surface area contributed by atoms with Gasteiger partial charge in [0.05, 0.1) is 5.75 Å². The predicted octanol–water partition coefficient (Wildman–Crippen LogP) is 1.53. The molecule has 6 nitrogen and oxygen atoms in total. The maximum Gasteiger partial charge on any atom is 0.344 e. The topological polar surface area (TPSA) is 78.5 Å². The molecule has 4 amide bonds. The minimum Gasteiger partial charge on any atom is -0.322 e. The van der Waals surface area contributed by atoms with Crippen molar-refractivity contribution in [3.63, 3.8) is 0 Å². The number of nitrogens with one attached hydrogen (secondary N) is 2. The molecule has 1 aromatic rings. The van der Waals surface area contributed by atoms with Crippen LogP contribution in [0.3, 0.4) is 0 Å². The minimum absolute atomic E-state index is 0.129. The molecule has 1 atom stereocenters. The first-order valence-corrected chi connectivity index (χ1v) is 7.59. The lowest BCUT2D eigenvalue weighted by Gasteiger charge is -2.19. The van der Waals surface area contributed by atoms with Gasteiger partial charge >= 0.3 is 6.03 Å². The summed E-state index contributed by atoms with van der Waals surface area (Å²) in [6.07, 6.45) is 0.461. The summed E-state index contributed by atoms with van der Waals surface area (Å²) in [7, 11) is 0. The molecule has 0 aromatic heterocycles. The van der Waals surface area contributed by atoms with Crippen LogP contribution in [0.25, 0.3) is 0 Å². The number of amides is 4. The Bertz CT molecular complexity index is 564. The van der Waals surface area contributed by atoms with Crippen LogP contribution in [0.4, 0.5) is 4.79 Å². The third-order valence-electron chi connectivity index (χ3n) is 3.32. The molecule has 2 rings (SSSR count). The highest BCUT2D eigenvalue weighted by Gasteiger charge is 2.47. The van der Waals surface area contributed by atoms with E-state index in [2.05, 4.69) is 10.7 Å². The predicted molar refractivity (Wildman–Crippen MR) is 79.4 cm³/mol. The summed E-state index contributed by atoms with van der Waals surface area (Å²) in [6.45, 7) is 3.44. The number of carbonyl (C=O) groups is 3. The van der Waals surface area contributed by atoms with Gasteiger partial charge in [-0.3, -0.25) is 15.0 Å². The maximum absolute atomic E-state index is 12.1. The van der Waals surface area contributed by atoms with E-state index in [9.17, 15) is 14.4 Å². The lowest BCUT2D eigenvalue weighted by Crippen LogP contribution is -2.49. The highest BCUT2D eigenvalue weighted by molar-refractivity contribution is 8.00. The smallest absolute Gasteiger partial charge is 0.322 e. The van der Waals surface area contributed by atoms with Crippen LogP contribution in [0.1, 0.15) is 20.3 Å². The normalized spacial score (nSPS) is 21.3. The van der Waals surface area contributed by atoms with Crippen molar-refractivity contribution in [3.05, 3.63) is 30.3 Å². The molecule has 0 spiro atoms. The number of rotatable bonds is 5. The van der Waals surface area contributed by atoms with Crippen molar-refractivity contribution in [1.29, 1.82) is 0 Å². The Morgan fingerprint density at radius 1 is 1.33 bits per heavy atom. The SMILES string of the molecule is CCC1(C)NC(=O)N(NC(=O)CSc2ccccc2)C1=O. The summed E-state index contributed by atoms with van der Waals surface area (Å²) in [5.41, 5.74) is 1.40. The molecule has 1 unspecified atom stereocenters. The van der Waals surface area contributed by atoms with Gasteiger partial charge in [-0.1, -0.05) is 25.1 Å². The van der Waals surface area contributed by atoms with Gasteiger partial charge in [-0.25, -0.2) is 4.79 Å². The van der Waals surface area contributed by atoms with Crippen molar-refractivity contribution in [1.82, 2.24) is 15.8 Å². The van der Waals surface area contributed by atoms with Crippen LogP contribution in [0.2, 0.25) is 0 Å². The average Bonchev–Trinajstić information content (AvgIpc) is 2.70. The highest BCUT2D eigenvalue weighted by Crippen LogP contribution is 2.20. The van der Waals surface area contributed by atoms with E-state index >= 15 is 0 Å². The number of hydrogen-bond acceptors (Lipinski definition) is 4. The zero-order valence-corrected chi connectivity index (χ0v) is 12.7. The van der Waals surface area contributed by atoms with Gasteiger partial charge in [0.15, 0.2) is 0 Å². The number of carbonyl (C=O) groups excluding carboxylic acids is 3. The molecule has 0 bridgehead atoms. The Kier molecular flexibility index (Phi) is 4.52. The van der Waals surface area contributed by atoms with Crippen molar-refractivity contribution in [3.8, 4) is 0 Å². The Morgan fingerprint density at radius 3 is 2.57 bits per heavy atom. The number of benzene rings is 1. The molecule has 2 N–H and O–H groups in total. The van der Waals surface area contributed by atoms with Gasteiger partial charge in [0.25, 0.3) is 5.91 Å². The Hall–Kier alpha value is -2.02. The lowest BCUT2D eigenvalue weighted by molar-refractivity contribution is -0.137. The number of imide groups is 1. The van der Waals surface area contributed by atoms with E-state index < -0.39 is 23.4 Å². The number of urea groups is 1. The number of thioether (sulfide) groups is 1. The molecule has 0 radical (unpaired) electrons. The van der Waals surface area contributed by atoms with E-state index in [0.29, 0.717) is 6.42 Å². The molecule has 0 saturated carbocycles. The molecule has 1 fully saturated rings. The fraction of sp³-hybridized carbons (Fsp3) is 0.357. The van der Waals surface area contributed by atoms with Crippen molar-refractivity contribution in [2.24, 2.45) is 0 Å². The zero-order chi connectivity index (χ0) is 15.5. The summed E-state index contributed by atoms with van der Waals surface area (Å²) >= 11 is 1.34. The molecule has 1 saturated heterocycles. The summed E-state index contributed by atoms with van der Waals surface area (Å²) in [6, 6.07) is 8.83. The fourth-order valence-electron chi connectivity index (χ4n) is 1.85. The largest absolute Gasteiger partial charge is 0.344 e. The molecular formula is C14H17N3O3S. The molecule has 1 aromatic carbocycles. The number of nitrogens with zero attached hydrogens (tertiary/aromatic N) is 1. The number of hydrazine groups is 1. The second-order valence-electron chi connectivity index (χ2n) is 4.89. The molecular weight excluding hydrogens is 290 g/mol. The van der Waals surface area contributed by atoms with Crippen molar-refractivity contribution in [2.75, 3.05) is 5.75 Å². The molecule has 1 aliphatic rings. The van der Waals surface area contributed by atoms with E-state index in [1.165, 1.54) is 11.8 Å². The molecule has 1 heterocycles. The average molecular weight is 307 g/mol. The first kappa shape index (κ1) is 15.4. The summed E-state index contributed by atoms with van der Waals surface area (Å²) < 4.78 is 0. The second-order valence-corrected chi connectivity index (χ2v) is 5.94. The van der Waals surface area contributed by atoms with E-state index in [0.717, 1.165) is 9.90 Å². The zero-order valence-electron chi connectivity index (χ0n) is 11.9. The maximum atomic E-state index is 12.1. The second kappa shape index (κ2) is 6.17. The van der Waals surface area contributed by atoms with Gasteiger partial charge < -0.3 is 5.32 Å². The van der Waals surface area contributed by atoms with Crippen molar-refractivity contribution >= 4 is 29.6 Å². The summed E-state index contributed by atoms with van der Waals surface area (Å²) in [4.78, 5) is 36.6. The van der Waals surface area contributed by atoms with E-state index in [4.69, 9.17) is 0 Å². The third-order valence-corrected chi connectivity index (χ3v) is 4.33. The van der Waals surface area contributed by atoms with Crippen LogP contribution >= 0.6 is 11.8 Å².